The number of aryl methyl sites for hydroxylation is 2. The van der Waals surface area contributed by atoms with Crippen LogP contribution < -0.4 is 5.32 Å². The van der Waals surface area contributed by atoms with Gasteiger partial charge in [0.25, 0.3) is 0 Å². The molecule has 0 saturated carbocycles. The Morgan fingerprint density at radius 3 is 2.54 bits per heavy atom. The maximum atomic E-state index is 11.9. The lowest BCUT2D eigenvalue weighted by Gasteiger charge is -2.09. The average molecular weight is 183 g/mol. The van der Waals surface area contributed by atoms with Gasteiger partial charge in [0.05, 0.1) is 0 Å². The van der Waals surface area contributed by atoms with Crippen molar-refractivity contribution in [3.63, 3.8) is 0 Å². The highest BCUT2D eigenvalue weighted by Gasteiger charge is 2.04. The van der Waals surface area contributed by atoms with Crippen molar-refractivity contribution in [2.75, 3.05) is 18.5 Å². The Balaban J connectivity index is 2.92. The molecule has 0 aliphatic heterocycles. The van der Waals surface area contributed by atoms with Crippen molar-refractivity contribution in [2.24, 2.45) is 0 Å². The molecular weight excluding hydrogens is 169 g/mol. The van der Waals surface area contributed by atoms with E-state index in [1.54, 1.807) is 0 Å². The first kappa shape index (κ1) is 9.89. The molecule has 1 aromatic heterocycles. The van der Waals surface area contributed by atoms with Gasteiger partial charge in [-0.2, -0.15) is 0 Å². The van der Waals surface area contributed by atoms with Crippen LogP contribution in [0.2, 0.25) is 0 Å². The highest BCUT2D eigenvalue weighted by atomic mass is 19.1. The van der Waals surface area contributed by atoms with Crippen LogP contribution in [0.5, 0.6) is 0 Å². The monoisotopic (exact) mass is 183 g/mol. The Hall–Kier alpha value is -1.19. The van der Waals surface area contributed by atoms with E-state index in [0.29, 0.717) is 12.4 Å². The van der Waals surface area contributed by atoms with Crippen molar-refractivity contribution in [2.45, 2.75) is 20.8 Å². The van der Waals surface area contributed by atoms with E-state index in [1.807, 2.05) is 20.8 Å². The predicted molar refractivity (Wildman–Crippen MR) is 50.7 cm³/mol. The summed E-state index contributed by atoms with van der Waals surface area (Å²) in [4.78, 5) is 8.38. The zero-order chi connectivity index (χ0) is 9.84. The minimum absolute atomic E-state index is 0.302. The SMILES string of the molecule is Cc1nc(C)c(C)c(NCCF)n1. The van der Waals surface area contributed by atoms with Crippen LogP contribution in [0.25, 0.3) is 0 Å². The summed E-state index contributed by atoms with van der Waals surface area (Å²) in [6.07, 6.45) is 0. The fourth-order valence-electron chi connectivity index (χ4n) is 1.11. The van der Waals surface area contributed by atoms with E-state index in [9.17, 15) is 4.39 Å². The molecule has 72 valence electrons. The molecule has 1 aromatic rings. The number of hydrogen-bond acceptors (Lipinski definition) is 3. The van der Waals surface area contributed by atoms with Gasteiger partial charge >= 0.3 is 0 Å². The first-order valence-corrected chi connectivity index (χ1v) is 4.27. The van der Waals surface area contributed by atoms with Crippen LogP contribution in [0.15, 0.2) is 0 Å². The zero-order valence-corrected chi connectivity index (χ0v) is 8.19. The minimum Gasteiger partial charge on any atom is -0.367 e. The molecule has 3 nitrogen and oxygen atoms in total. The van der Waals surface area contributed by atoms with Crippen LogP contribution in [-0.2, 0) is 0 Å². The summed E-state index contributed by atoms with van der Waals surface area (Å²) in [6.45, 7) is 5.59. The second kappa shape index (κ2) is 4.16. The van der Waals surface area contributed by atoms with Gasteiger partial charge in [-0.15, -0.1) is 0 Å². The summed E-state index contributed by atoms with van der Waals surface area (Å²) in [5, 5.41) is 2.92. The first-order chi connectivity index (χ1) is 6.15. The number of nitrogens with zero attached hydrogens (tertiary/aromatic N) is 2. The largest absolute Gasteiger partial charge is 0.367 e. The summed E-state index contributed by atoms with van der Waals surface area (Å²) in [5.41, 5.74) is 1.92. The topological polar surface area (TPSA) is 37.8 Å². The van der Waals surface area contributed by atoms with Gasteiger partial charge < -0.3 is 5.32 Å². The minimum atomic E-state index is -0.387. The molecule has 1 heterocycles. The van der Waals surface area contributed by atoms with E-state index in [0.717, 1.165) is 17.1 Å². The molecular formula is C9H14FN3. The van der Waals surface area contributed by atoms with Crippen LogP contribution in [0, 0.1) is 20.8 Å². The molecule has 0 bridgehead atoms. The summed E-state index contributed by atoms with van der Waals surface area (Å²) < 4.78 is 11.9. The van der Waals surface area contributed by atoms with E-state index in [2.05, 4.69) is 15.3 Å². The van der Waals surface area contributed by atoms with Crippen LogP contribution >= 0.6 is 0 Å². The summed E-state index contributed by atoms with van der Waals surface area (Å²) in [7, 11) is 0. The maximum Gasteiger partial charge on any atom is 0.132 e. The van der Waals surface area contributed by atoms with Crippen molar-refractivity contribution >= 4 is 5.82 Å². The molecule has 0 fully saturated rings. The van der Waals surface area contributed by atoms with E-state index < -0.39 is 0 Å². The summed E-state index contributed by atoms with van der Waals surface area (Å²) in [6, 6.07) is 0. The zero-order valence-electron chi connectivity index (χ0n) is 8.19. The third-order valence-electron chi connectivity index (χ3n) is 1.89. The molecule has 1 N–H and O–H groups in total. The quantitative estimate of drug-likeness (QED) is 0.776. The lowest BCUT2D eigenvalue weighted by molar-refractivity contribution is 0.512. The Bertz CT molecular complexity index is 299. The van der Waals surface area contributed by atoms with Gasteiger partial charge in [-0.3, -0.25) is 0 Å². The van der Waals surface area contributed by atoms with Gasteiger partial charge in [-0.25, -0.2) is 14.4 Å². The Morgan fingerprint density at radius 2 is 1.92 bits per heavy atom. The van der Waals surface area contributed by atoms with Gasteiger partial charge in [0.15, 0.2) is 0 Å². The van der Waals surface area contributed by atoms with E-state index >= 15 is 0 Å². The fourth-order valence-corrected chi connectivity index (χ4v) is 1.11. The molecule has 0 aliphatic carbocycles. The van der Waals surface area contributed by atoms with Crippen molar-refractivity contribution in [3.8, 4) is 0 Å². The maximum absolute atomic E-state index is 11.9. The number of rotatable bonds is 3. The van der Waals surface area contributed by atoms with Crippen LogP contribution in [-0.4, -0.2) is 23.2 Å². The number of anilines is 1. The average Bonchev–Trinajstić information content (AvgIpc) is 2.09. The van der Waals surface area contributed by atoms with E-state index in [4.69, 9.17) is 0 Å². The summed E-state index contributed by atoms with van der Waals surface area (Å²) >= 11 is 0. The Labute approximate surface area is 77.4 Å². The van der Waals surface area contributed by atoms with Crippen molar-refractivity contribution < 1.29 is 4.39 Å². The molecule has 13 heavy (non-hydrogen) atoms. The van der Waals surface area contributed by atoms with Gasteiger partial charge in [-0.05, 0) is 20.8 Å². The number of alkyl halides is 1. The predicted octanol–water partition coefficient (Wildman–Crippen LogP) is 1.78. The van der Waals surface area contributed by atoms with Gasteiger partial charge in [0.2, 0.25) is 0 Å². The van der Waals surface area contributed by atoms with Crippen LogP contribution in [0.4, 0.5) is 10.2 Å². The van der Waals surface area contributed by atoms with Gasteiger partial charge in [0, 0.05) is 17.8 Å². The van der Waals surface area contributed by atoms with Crippen molar-refractivity contribution in [3.05, 3.63) is 17.1 Å². The lowest BCUT2D eigenvalue weighted by Crippen LogP contribution is -2.09. The molecule has 0 unspecified atom stereocenters. The lowest BCUT2D eigenvalue weighted by atomic mass is 10.2. The molecule has 0 amide bonds. The molecule has 0 aliphatic rings. The molecule has 1 rings (SSSR count). The Kier molecular flexibility index (Phi) is 3.17. The third kappa shape index (κ3) is 2.37. The van der Waals surface area contributed by atoms with E-state index in [1.165, 1.54) is 0 Å². The molecule has 0 saturated heterocycles. The van der Waals surface area contributed by atoms with Gasteiger partial charge in [0.1, 0.15) is 18.3 Å². The molecule has 0 radical (unpaired) electrons. The summed E-state index contributed by atoms with van der Waals surface area (Å²) in [5.74, 6) is 1.45. The molecule has 0 aromatic carbocycles. The number of hydrogen-bond donors (Lipinski definition) is 1. The highest BCUT2D eigenvalue weighted by Crippen LogP contribution is 2.13. The second-order valence-electron chi connectivity index (χ2n) is 2.95. The molecule has 0 atom stereocenters. The number of aromatic nitrogens is 2. The van der Waals surface area contributed by atoms with Crippen LogP contribution in [0.1, 0.15) is 17.1 Å². The van der Waals surface area contributed by atoms with Gasteiger partial charge in [-0.1, -0.05) is 0 Å². The third-order valence-corrected chi connectivity index (χ3v) is 1.89. The van der Waals surface area contributed by atoms with E-state index in [-0.39, 0.29) is 6.67 Å². The Morgan fingerprint density at radius 1 is 1.23 bits per heavy atom. The number of nitrogens with one attached hydrogen (secondary N) is 1. The highest BCUT2D eigenvalue weighted by molar-refractivity contribution is 5.45. The number of halogens is 1. The first-order valence-electron chi connectivity index (χ1n) is 4.27. The standard InChI is InChI=1S/C9H14FN3/c1-6-7(2)12-8(3)13-9(6)11-5-4-10/h4-5H2,1-3H3,(H,11,12,13). The van der Waals surface area contributed by atoms with Crippen molar-refractivity contribution in [1.29, 1.82) is 0 Å². The molecule has 0 spiro atoms. The fraction of sp³-hybridized carbons (Fsp3) is 0.556. The normalized spacial score (nSPS) is 10.2. The van der Waals surface area contributed by atoms with Crippen LogP contribution in [0.3, 0.4) is 0 Å². The van der Waals surface area contributed by atoms with Crippen molar-refractivity contribution in [1.82, 2.24) is 9.97 Å². The second-order valence-corrected chi connectivity index (χ2v) is 2.95. The smallest absolute Gasteiger partial charge is 0.132 e. The molecule has 4 heteroatoms.